The Kier molecular flexibility index (Phi) is 4.00. The van der Waals surface area contributed by atoms with E-state index in [4.69, 9.17) is 4.74 Å². The molecule has 0 saturated carbocycles. The van der Waals surface area contributed by atoms with Gasteiger partial charge < -0.3 is 4.74 Å². The van der Waals surface area contributed by atoms with Crippen LogP contribution in [-0.4, -0.2) is 43.0 Å². The molecule has 3 heterocycles. The number of nitro groups is 2. The van der Waals surface area contributed by atoms with E-state index in [-0.39, 0.29) is 17.4 Å². The Labute approximate surface area is 111 Å². The number of aromatic amines is 1. The molecule has 1 N–H and O–H groups in total. The molecule has 0 radical (unpaired) electrons. The molecule has 0 bridgehead atoms. The molecule has 106 valence electrons. The Balaban J connectivity index is 0.000000160. The van der Waals surface area contributed by atoms with Crippen LogP contribution in [0.1, 0.15) is 6.04 Å². The summed E-state index contributed by atoms with van der Waals surface area (Å²) in [6.45, 7) is 1.19. The van der Waals surface area contributed by atoms with Crippen LogP contribution in [0.25, 0.3) is 0 Å². The Morgan fingerprint density at radius 3 is 2.30 bits per heavy atom. The maximum atomic E-state index is 10.3. The zero-order chi connectivity index (χ0) is 14.5. The zero-order valence-corrected chi connectivity index (χ0v) is 10.1. The Morgan fingerprint density at radius 1 is 1.25 bits per heavy atom. The summed E-state index contributed by atoms with van der Waals surface area (Å²) < 4.78 is 6.50. The third kappa shape index (κ3) is 3.14. The molecule has 0 spiro atoms. The van der Waals surface area contributed by atoms with Crippen LogP contribution in [0.5, 0.6) is 0 Å². The summed E-state index contributed by atoms with van der Waals surface area (Å²) in [6.07, 6.45) is 5.05. The SMILES string of the molecule is O=[N+]([O-])c1cn[nH]c1.O=[N+]([O-])c1cnn(C2COC2)c1. The molecule has 0 amide bonds. The van der Waals surface area contributed by atoms with Crippen molar-refractivity contribution < 1.29 is 14.6 Å². The molecule has 3 rings (SSSR count). The maximum Gasteiger partial charge on any atom is 0.307 e. The van der Waals surface area contributed by atoms with Gasteiger partial charge in [-0.1, -0.05) is 0 Å². The van der Waals surface area contributed by atoms with Crippen LogP contribution in [0.4, 0.5) is 11.4 Å². The van der Waals surface area contributed by atoms with Crippen molar-refractivity contribution in [3.8, 4) is 0 Å². The van der Waals surface area contributed by atoms with Crippen LogP contribution in [0, 0.1) is 20.2 Å². The summed E-state index contributed by atoms with van der Waals surface area (Å²) in [6, 6.07) is 0.179. The number of nitrogens with zero attached hydrogens (tertiary/aromatic N) is 5. The monoisotopic (exact) mass is 282 g/mol. The number of H-pyrrole nitrogens is 1. The molecule has 1 saturated heterocycles. The fraction of sp³-hybridized carbons (Fsp3) is 0.333. The first kappa shape index (κ1) is 13.6. The molecule has 11 heteroatoms. The number of nitrogens with one attached hydrogen (secondary N) is 1. The van der Waals surface area contributed by atoms with E-state index in [1.54, 1.807) is 4.68 Å². The molecular formula is C9H10N6O5. The highest BCUT2D eigenvalue weighted by molar-refractivity contribution is 5.21. The van der Waals surface area contributed by atoms with Crippen LogP contribution < -0.4 is 0 Å². The molecule has 0 aromatic carbocycles. The van der Waals surface area contributed by atoms with Gasteiger partial charge in [0, 0.05) is 0 Å². The van der Waals surface area contributed by atoms with Gasteiger partial charge in [-0.3, -0.25) is 30.0 Å². The van der Waals surface area contributed by atoms with Crippen LogP contribution in [-0.2, 0) is 4.74 Å². The quantitative estimate of drug-likeness (QED) is 0.644. The van der Waals surface area contributed by atoms with Gasteiger partial charge in [-0.15, -0.1) is 0 Å². The van der Waals surface area contributed by atoms with Crippen molar-refractivity contribution in [3.63, 3.8) is 0 Å². The molecule has 20 heavy (non-hydrogen) atoms. The molecule has 11 nitrogen and oxygen atoms in total. The van der Waals surface area contributed by atoms with Crippen molar-refractivity contribution >= 4 is 11.4 Å². The summed E-state index contributed by atoms with van der Waals surface area (Å²) in [4.78, 5) is 19.1. The maximum absolute atomic E-state index is 10.3. The third-order valence-electron chi connectivity index (χ3n) is 2.49. The normalized spacial score (nSPS) is 14.0. The van der Waals surface area contributed by atoms with Gasteiger partial charge in [-0.2, -0.15) is 10.2 Å². The number of aromatic nitrogens is 4. The predicted molar refractivity (Wildman–Crippen MR) is 64.0 cm³/mol. The number of ether oxygens (including phenoxy) is 1. The Bertz CT molecular complexity index is 590. The first-order valence-corrected chi connectivity index (χ1v) is 5.47. The second kappa shape index (κ2) is 5.88. The van der Waals surface area contributed by atoms with Crippen molar-refractivity contribution in [2.75, 3.05) is 13.2 Å². The van der Waals surface area contributed by atoms with Crippen LogP contribution >= 0.6 is 0 Å². The minimum absolute atomic E-state index is 0.00926. The predicted octanol–water partition coefficient (Wildman–Crippen LogP) is 0.680. The average molecular weight is 282 g/mol. The Hall–Kier alpha value is -2.82. The average Bonchev–Trinajstić information content (AvgIpc) is 2.98. The van der Waals surface area contributed by atoms with Crippen molar-refractivity contribution in [1.82, 2.24) is 20.0 Å². The largest absolute Gasteiger partial charge is 0.377 e. The van der Waals surface area contributed by atoms with Crippen molar-refractivity contribution in [1.29, 1.82) is 0 Å². The van der Waals surface area contributed by atoms with Gasteiger partial charge in [-0.05, 0) is 0 Å². The summed E-state index contributed by atoms with van der Waals surface area (Å²) in [7, 11) is 0. The summed E-state index contributed by atoms with van der Waals surface area (Å²) >= 11 is 0. The molecule has 0 unspecified atom stereocenters. The molecule has 2 aromatic rings. The molecule has 0 atom stereocenters. The van der Waals surface area contributed by atoms with Gasteiger partial charge in [0.15, 0.2) is 0 Å². The van der Waals surface area contributed by atoms with Crippen molar-refractivity contribution in [2.24, 2.45) is 0 Å². The fourth-order valence-corrected chi connectivity index (χ4v) is 1.34. The third-order valence-corrected chi connectivity index (χ3v) is 2.49. The molecular weight excluding hydrogens is 272 g/mol. The second-order valence-electron chi connectivity index (χ2n) is 3.84. The lowest BCUT2D eigenvalue weighted by Gasteiger charge is -2.25. The summed E-state index contributed by atoms with van der Waals surface area (Å²) in [5.74, 6) is 0. The highest BCUT2D eigenvalue weighted by Crippen LogP contribution is 2.18. The van der Waals surface area contributed by atoms with E-state index in [0.29, 0.717) is 13.2 Å². The second-order valence-corrected chi connectivity index (χ2v) is 3.84. The lowest BCUT2D eigenvalue weighted by atomic mass is 10.3. The van der Waals surface area contributed by atoms with E-state index < -0.39 is 9.85 Å². The minimum atomic E-state index is -0.510. The van der Waals surface area contributed by atoms with E-state index in [2.05, 4.69) is 15.3 Å². The van der Waals surface area contributed by atoms with Crippen LogP contribution in [0.15, 0.2) is 24.8 Å². The van der Waals surface area contributed by atoms with Crippen LogP contribution in [0.2, 0.25) is 0 Å². The molecule has 1 aliphatic heterocycles. The zero-order valence-electron chi connectivity index (χ0n) is 10.1. The van der Waals surface area contributed by atoms with E-state index in [0.717, 1.165) is 6.20 Å². The van der Waals surface area contributed by atoms with Gasteiger partial charge in [0.1, 0.15) is 18.6 Å². The minimum Gasteiger partial charge on any atom is -0.377 e. The lowest BCUT2D eigenvalue weighted by molar-refractivity contribution is -0.385. The van der Waals surface area contributed by atoms with E-state index in [1.165, 1.54) is 18.6 Å². The lowest BCUT2D eigenvalue weighted by Crippen LogP contribution is -2.30. The first-order chi connectivity index (χ1) is 9.58. The molecule has 1 aliphatic rings. The van der Waals surface area contributed by atoms with Crippen molar-refractivity contribution in [2.45, 2.75) is 6.04 Å². The first-order valence-electron chi connectivity index (χ1n) is 5.47. The number of hydrogen-bond acceptors (Lipinski definition) is 7. The topological polar surface area (TPSA) is 142 Å². The van der Waals surface area contributed by atoms with Gasteiger partial charge in [-0.25, -0.2) is 0 Å². The summed E-state index contributed by atoms with van der Waals surface area (Å²) in [5.41, 5.74) is 0.0203. The standard InChI is InChI=1S/C6H7N3O3.C3H3N3O2/c10-9(11)5-1-7-8(2-5)6-3-12-4-6;7-6(8)3-1-4-5-2-3/h1-2,6H,3-4H2;1-2H,(H,4,5). The summed E-state index contributed by atoms with van der Waals surface area (Å²) in [5, 5.41) is 29.6. The molecule has 2 aromatic heterocycles. The fourth-order valence-electron chi connectivity index (χ4n) is 1.34. The van der Waals surface area contributed by atoms with E-state index >= 15 is 0 Å². The smallest absolute Gasteiger partial charge is 0.307 e. The highest BCUT2D eigenvalue weighted by Gasteiger charge is 2.22. The number of hydrogen-bond donors (Lipinski definition) is 1. The highest BCUT2D eigenvalue weighted by atomic mass is 16.6. The van der Waals surface area contributed by atoms with Gasteiger partial charge in [0.2, 0.25) is 0 Å². The van der Waals surface area contributed by atoms with Gasteiger partial charge >= 0.3 is 11.4 Å². The molecule has 0 aliphatic carbocycles. The number of rotatable bonds is 3. The molecule has 1 fully saturated rings. The van der Waals surface area contributed by atoms with E-state index in [1.807, 2.05) is 0 Å². The van der Waals surface area contributed by atoms with Gasteiger partial charge in [0.25, 0.3) is 0 Å². The van der Waals surface area contributed by atoms with Gasteiger partial charge in [0.05, 0.1) is 35.3 Å². The van der Waals surface area contributed by atoms with Crippen molar-refractivity contribution in [3.05, 3.63) is 45.0 Å². The Morgan fingerprint density at radius 2 is 1.95 bits per heavy atom. The van der Waals surface area contributed by atoms with E-state index in [9.17, 15) is 20.2 Å². The van der Waals surface area contributed by atoms with Crippen LogP contribution in [0.3, 0.4) is 0 Å².